The SMILES string of the molecule is C[C@H](O)CCc1cc(F)c(F)c(F)c1. The minimum Gasteiger partial charge on any atom is -0.393 e. The lowest BCUT2D eigenvalue weighted by Crippen LogP contribution is -2.02. The molecule has 4 heteroatoms. The van der Waals surface area contributed by atoms with Crippen molar-refractivity contribution in [1.29, 1.82) is 0 Å². The van der Waals surface area contributed by atoms with E-state index in [4.69, 9.17) is 5.11 Å². The van der Waals surface area contributed by atoms with E-state index < -0.39 is 23.6 Å². The molecule has 0 saturated carbocycles. The Morgan fingerprint density at radius 2 is 1.71 bits per heavy atom. The third-order valence-electron chi connectivity index (χ3n) is 1.89. The van der Waals surface area contributed by atoms with Gasteiger partial charge in [0.2, 0.25) is 0 Å². The maximum atomic E-state index is 12.7. The van der Waals surface area contributed by atoms with Crippen LogP contribution in [0.15, 0.2) is 12.1 Å². The van der Waals surface area contributed by atoms with E-state index in [2.05, 4.69) is 0 Å². The third-order valence-corrected chi connectivity index (χ3v) is 1.89. The lowest BCUT2D eigenvalue weighted by molar-refractivity contribution is 0.185. The molecule has 0 saturated heterocycles. The quantitative estimate of drug-likeness (QED) is 0.749. The van der Waals surface area contributed by atoms with E-state index in [1.54, 1.807) is 6.92 Å². The predicted molar refractivity (Wildman–Crippen MR) is 46.3 cm³/mol. The number of benzene rings is 1. The summed E-state index contributed by atoms with van der Waals surface area (Å²) in [6.07, 6.45) is 0.183. The Labute approximate surface area is 80.2 Å². The summed E-state index contributed by atoms with van der Waals surface area (Å²) < 4.78 is 37.9. The first kappa shape index (κ1) is 11.0. The molecule has 0 aromatic heterocycles. The monoisotopic (exact) mass is 204 g/mol. The van der Waals surface area contributed by atoms with Gasteiger partial charge in [0.05, 0.1) is 6.10 Å². The summed E-state index contributed by atoms with van der Waals surface area (Å²) in [4.78, 5) is 0. The summed E-state index contributed by atoms with van der Waals surface area (Å²) >= 11 is 0. The van der Waals surface area contributed by atoms with Crippen molar-refractivity contribution < 1.29 is 18.3 Å². The van der Waals surface area contributed by atoms with Gasteiger partial charge >= 0.3 is 0 Å². The van der Waals surface area contributed by atoms with Gasteiger partial charge in [0.1, 0.15) is 0 Å². The van der Waals surface area contributed by atoms with Crippen LogP contribution >= 0.6 is 0 Å². The Morgan fingerprint density at radius 3 is 2.14 bits per heavy atom. The van der Waals surface area contributed by atoms with Gasteiger partial charge in [-0.3, -0.25) is 0 Å². The Balaban J connectivity index is 2.79. The molecule has 0 aliphatic carbocycles. The Kier molecular flexibility index (Phi) is 3.52. The van der Waals surface area contributed by atoms with E-state index in [1.807, 2.05) is 0 Å². The molecular formula is C10H11F3O. The Bertz CT molecular complexity index is 300. The van der Waals surface area contributed by atoms with Gasteiger partial charge in [0.15, 0.2) is 17.5 Å². The van der Waals surface area contributed by atoms with Crippen molar-refractivity contribution in [2.45, 2.75) is 25.9 Å². The number of halogens is 3. The van der Waals surface area contributed by atoms with E-state index in [9.17, 15) is 13.2 Å². The molecule has 1 N–H and O–H groups in total. The van der Waals surface area contributed by atoms with E-state index in [0.29, 0.717) is 18.4 Å². The number of aliphatic hydroxyl groups is 1. The van der Waals surface area contributed by atoms with Crippen LogP contribution in [0.1, 0.15) is 18.9 Å². The van der Waals surface area contributed by atoms with Crippen LogP contribution in [0.25, 0.3) is 0 Å². The number of hydrogen-bond acceptors (Lipinski definition) is 1. The van der Waals surface area contributed by atoms with Gasteiger partial charge in [-0.05, 0) is 37.5 Å². The van der Waals surface area contributed by atoms with Crippen LogP contribution in [-0.4, -0.2) is 11.2 Å². The van der Waals surface area contributed by atoms with Crippen LogP contribution in [-0.2, 0) is 6.42 Å². The fourth-order valence-electron chi connectivity index (χ4n) is 1.13. The molecule has 1 nitrogen and oxygen atoms in total. The molecule has 0 radical (unpaired) electrons. The average Bonchev–Trinajstić information content (AvgIpc) is 2.10. The molecule has 0 fully saturated rings. The second-order valence-electron chi connectivity index (χ2n) is 3.26. The predicted octanol–water partition coefficient (Wildman–Crippen LogP) is 2.42. The average molecular weight is 204 g/mol. The van der Waals surface area contributed by atoms with E-state index in [0.717, 1.165) is 12.1 Å². The first-order valence-corrected chi connectivity index (χ1v) is 4.32. The lowest BCUT2D eigenvalue weighted by atomic mass is 10.1. The topological polar surface area (TPSA) is 20.2 Å². The zero-order valence-electron chi connectivity index (χ0n) is 7.73. The number of rotatable bonds is 3. The van der Waals surface area contributed by atoms with E-state index in [-0.39, 0.29) is 0 Å². The molecule has 78 valence electrons. The van der Waals surface area contributed by atoms with Gasteiger partial charge in [-0.25, -0.2) is 13.2 Å². The maximum Gasteiger partial charge on any atom is 0.194 e. The molecular weight excluding hydrogens is 193 g/mol. The highest BCUT2D eigenvalue weighted by Crippen LogP contribution is 2.15. The molecule has 1 atom stereocenters. The summed E-state index contributed by atoms with van der Waals surface area (Å²) in [5, 5.41) is 8.95. The van der Waals surface area contributed by atoms with Crippen molar-refractivity contribution in [1.82, 2.24) is 0 Å². The number of hydrogen-bond donors (Lipinski definition) is 1. The molecule has 1 aromatic rings. The summed E-state index contributed by atoms with van der Waals surface area (Å²) in [6.45, 7) is 1.58. The van der Waals surface area contributed by atoms with E-state index in [1.165, 1.54) is 0 Å². The van der Waals surface area contributed by atoms with Crippen molar-refractivity contribution in [2.24, 2.45) is 0 Å². The minimum atomic E-state index is -1.45. The molecule has 0 aliphatic rings. The highest BCUT2D eigenvalue weighted by atomic mass is 19.2. The molecule has 0 bridgehead atoms. The van der Waals surface area contributed by atoms with E-state index >= 15 is 0 Å². The summed E-state index contributed by atoms with van der Waals surface area (Å²) in [5.41, 5.74) is 0.349. The van der Waals surface area contributed by atoms with Crippen molar-refractivity contribution in [3.05, 3.63) is 35.1 Å². The molecule has 0 unspecified atom stereocenters. The maximum absolute atomic E-state index is 12.7. The summed E-state index contributed by atoms with van der Waals surface area (Å²) in [5.74, 6) is -3.83. The van der Waals surface area contributed by atoms with Crippen molar-refractivity contribution in [2.75, 3.05) is 0 Å². The minimum absolute atomic E-state index is 0.325. The van der Waals surface area contributed by atoms with Gasteiger partial charge in [0.25, 0.3) is 0 Å². The van der Waals surface area contributed by atoms with Crippen LogP contribution in [0, 0.1) is 17.5 Å². The molecule has 0 heterocycles. The largest absolute Gasteiger partial charge is 0.393 e. The smallest absolute Gasteiger partial charge is 0.194 e. The standard InChI is InChI=1S/C10H11F3O/c1-6(14)2-3-7-4-8(11)10(13)9(12)5-7/h4-6,14H,2-3H2,1H3/t6-/m0/s1. The molecule has 1 aromatic carbocycles. The first-order valence-electron chi connectivity index (χ1n) is 4.32. The van der Waals surface area contributed by atoms with Crippen molar-refractivity contribution in [3.8, 4) is 0 Å². The third kappa shape index (κ3) is 2.73. The highest BCUT2D eigenvalue weighted by molar-refractivity contribution is 5.19. The number of aryl methyl sites for hydroxylation is 1. The van der Waals surface area contributed by atoms with Crippen molar-refractivity contribution in [3.63, 3.8) is 0 Å². The Hall–Kier alpha value is -1.03. The van der Waals surface area contributed by atoms with Gasteiger partial charge in [-0.15, -0.1) is 0 Å². The summed E-state index contributed by atoms with van der Waals surface area (Å²) in [6, 6.07) is 1.89. The van der Waals surface area contributed by atoms with Gasteiger partial charge in [-0.1, -0.05) is 0 Å². The second-order valence-corrected chi connectivity index (χ2v) is 3.26. The zero-order chi connectivity index (χ0) is 10.7. The summed E-state index contributed by atoms with van der Waals surface area (Å²) in [7, 11) is 0. The normalized spacial score (nSPS) is 12.9. The van der Waals surface area contributed by atoms with Gasteiger partial charge in [-0.2, -0.15) is 0 Å². The van der Waals surface area contributed by atoms with Crippen LogP contribution < -0.4 is 0 Å². The van der Waals surface area contributed by atoms with Crippen LogP contribution in [0.2, 0.25) is 0 Å². The lowest BCUT2D eigenvalue weighted by Gasteiger charge is -2.05. The highest BCUT2D eigenvalue weighted by Gasteiger charge is 2.10. The van der Waals surface area contributed by atoms with Crippen LogP contribution in [0.4, 0.5) is 13.2 Å². The first-order chi connectivity index (χ1) is 6.50. The molecule has 1 rings (SSSR count). The fraction of sp³-hybridized carbons (Fsp3) is 0.400. The fourth-order valence-corrected chi connectivity index (χ4v) is 1.13. The zero-order valence-corrected chi connectivity index (χ0v) is 7.73. The second kappa shape index (κ2) is 4.46. The van der Waals surface area contributed by atoms with Gasteiger partial charge < -0.3 is 5.11 Å². The molecule has 14 heavy (non-hydrogen) atoms. The molecule has 0 spiro atoms. The Morgan fingerprint density at radius 1 is 1.21 bits per heavy atom. The molecule has 0 amide bonds. The van der Waals surface area contributed by atoms with Crippen molar-refractivity contribution >= 4 is 0 Å². The van der Waals surface area contributed by atoms with Crippen LogP contribution in [0.3, 0.4) is 0 Å². The molecule has 0 aliphatic heterocycles. The van der Waals surface area contributed by atoms with Gasteiger partial charge in [0, 0.05) is 0 Å². The van der Waals surface area contributed by atoms with Crippen LogP contribution in [0.5, 0.6) is 0 Å². The number of aliphatic hydroxyl groups excluding tert-OH is 1.